The number of hydrogen-bond acceptors (Lipinski definition) is 0. The van der Waals surface area contributed by atoms with Crippen LogP contribution in [0.4, 0.5) is 0 Å². The van der Waals surface area contributed by atoms with E-state index >= 15 is 0 Å². The fourth-order valence-electron chi connectivity index (χ4n) is 0. The molecular formula is C16H44ReSi4-4. The molecule has 0 N–H and O–H groups in total. The Morgan fingerprint density at radius 1 is 0.333 bits per heavy atom. The van der Waals surface area contributed by atoms with E-state index < -0.39 is 32.3 Å². The van der Waals surface area contributed by atoms with E-state index in [2.05, 4.69) is 105 Å². The van der Waals surface area contributed by atoms with E-state index in [9.17, 15) is 0 Å². The molecule has 135 valence electrons. The van der Waals surface area contributed by atoms with Gasteiger partial charge in [-0.15, -0.1) is 32.3 Å². The van der Waals surface area contributed by atoms with E-state index in [1.165, 1.54) is 0 Å². The zero-order chi connectivity index (χ0) is 18.0. The Labute approximate surface area is 157 Å². The van der Waals surface area contributed by atoms with Gasteiger partial charge in [0.15, 0.2) is 0 Å². The van der Waals surface area contributed by atoms with Gasteiger partial charge in [0.1, 0.15) is 0 Å². The van der Waals surface area contributed by atoms with Crippen molar-refractivity contribution in [2.75, 3.05) is 0 Å². The van der Waals surface area contributed by atoms with E-state index in [-0.39, 0.29) is 20.4 Å². The maximum Gasteiger partial charge on any atom is 0 e. The molecule has 0 aliphatic carbocycles. The van der Waals surface area contributed by atoms with E-state index in [0.29, 0.717) is 0 Å². The molecule has 0 rings (SSSR count). The van der Waals surface area contributed by atoms with Crippen LogP contribution in [0.3, 0.4) is 0 Å². The summed E-state index contributed by atoms with van der Waals surface area (Å²) in [6, 6.07) is 0. The summed E-state index contributed by atoms with van der Waals surface area (Å²) in [5.41, 5.74) is 0. The van der Waals surface area contributed by atoms with Gasteiger partial charge in [-0.1, -0.05) is 78.6 Å². The van der Waals surface area contributed by atoms with Crippen molar-refractivity contribution < 1.29 is 20.4 Å². The van der Waals surface area contributed by atoms with Crippen LogP contribution in [-0.2, 0) is 20.4 Å². The summed E-state index contributed by atoms with van der Waals surface area (Å²) in [7, 11) is -3.44. The van der Waals surface area contributed by atoms with Crippen molar-refractivity contribution in [1.29, 1.82) is 0 Å². The third-order valence-electron chi connectivity index (χ3n) is 0. The largest absolute Gasteiger partial charge is 0.342 e. The van der Waals surface area contributed by atoms with Crippen molar-refractivity contribution in [2.45, 2.75) is 78.6 Å². The molecule has 21 heavy (non-hydrogen) atoms. The van der Waals surface area contributed by atoms with Gasteiger partial charge in [-0.25, -0.2) is 0 Å². The molecule has 0 nitrogen and oxygen atoms in total. The zero-order valence-electron chi connectivity index (χ0n) is 17.2. The first-order chi connectivity index (χ1) is 8.00. The van der Waals surface area contributed by atoms with Gasteiger partial charge >= 0.3 is 0 Å². The first-order valence-electron chi connectivity index (χ1n) is 7.41. The van der Waals surface area contributed by atoms with E-state index in [4.69, 9.17) is 0 Å². The van der Waals surface area contributed by atoms with Crippen LogP contribution in [-0.4, -0.2) is 32.3 Å². The molecule has 0 saturated carbocycles. The van der Waals surface area contributed by atoms with Crippen LogP contribution in [0, 0.1) is 26.2 Å². The second kappa shape index (κ2) is 13.9. The van der Waals surface area contributed by atoms with Crippen molar-refractivity contribution in [3.05, 3.63) is 26.2 Å². The van der Waals surface area contributed by atoms with Crippen LogP contribution in [0.25, 0.3) is 0 Å². The minimum Gasteiger partial charge on any atom is -0.342 e. The number of rotatable bonds is 0. The van der Waals surface area contributed by atoms with Crippen LogP contribution in [0.2, 0.25) is 78.6 Å². The molecule has 0 amide bonds. The molecule has 0 saturated heterocycles. The average Bonchev–Trinajstić information content (AvgIpc) is 1.62. The van der Waals surface area contributed by atoms with Crippen molar-refractivity contribution >= 4 is 32.3 Å². The Morgan fingerprint density at radius 3 is 0.333 bits per heavy atom. The minimum absolute atomic E-state index is 0. The Balaban J connectivity index is -0.0000000533. The van der Waals surface area contributed by atoms with Crippen molar-refractivity contribution in [1.82, 2.24) is 0 Å². The third-order valence-corrected chi connectivity index (χ3v) is 0. The van der Waals surface area contributed by atoms with Crippen LogP contribution < -0.4 is 0 Å². The van der Waals surface area contributed by atoms with Gasteiger partial charge in [0.05, 0.1) is 0 Å². The molecule has 0 unspecified atom stereocenters. The van der Waals surface area contributed by atoms with Gasteiger partial charge in [0.2, 0.25) is 0 Å². The van der Waals surface area contributed by atoms with Crippen LogP contribution in [0.1, 0.15) is 0 Å². The van der Waals surface area contributed by atoms with Crippen LogP contribution in [0.5, 0.6) is 0 Å². The molecule has 0 aromatic rings. The Hall–Kier alpha value is 1.53. The summed E-state index contributed by atoms with van der Waals surface area (Å²) < 4.78 is 0. The first kappa shape index (κ1) is 34.0. The molecule has 0 aromatic carbocycles. The Morgan fingerprint density at radius 2 is 0.333 bits per heavy atom. The average molecular weight is 535 g/mol. The molecule has 0 spiro atoms. The molecule has 0 bridgehead atoms. The smallest absolute Gasteiger partial charge is 0 e. The summed E-state index contributed by atoms with van der Waals surface area (Å²) in [5.74, 6) is 0. The van der Waals surface area contributed by atoms with Crippen LogP contribution >= 0.6 is 0 Å². The summed E-state index contributed by atoms with van der Waals surface area (Å²) >= 11 is 0. The monoisotopic (exact) mass is 535 g/mol. The molecule has 0 fully saturated rings. The van der Waals surface area contributed by atoms with Gasteiger partial charge in [0, 0.05) is 20.4 Å². The summed E-state index contributed by atoms with van der Waals surface area (Å²) in [6.45, 7) is 42.2. The first-order valence-corrected chi connectivity index (χ1v) is 22.2. The van der Waals surface area contributed by atoms with E-state index in [0.717, 1.165) is 0 Å². The molecule has 0 aliphatic heterocycles. The van der Waals surface area contributed by atoms with Crippen molar-refractivity contribution in [2.24, 2.45) is 0 Å². The normalized spacial score (nSPS) is 11.4. The topological polar surface area (TPSA) is 0 Å². The standard InChI is InChI=1S/4C4H11Si.Re/c4*1-5(2,3)4;/h4*1H2,2-4H3;/q4*-1;. The molecule has 0 aliphatic rings. The SMILES string of the molecule is [CH2-][Si](C)(C)C.[CH2-][Si](C)(C)C.[CH2-][Si](C)(C)C.[CH2-][Si](C)(C)C.[Re]. The predicted octanol–water partition coefficient (Wildman–Crippen LogP) is 6.79. The molecule has 0 heterocycles. The van der Waals surface area contributed by atoms with Gasteiger partial charge < -0.3 is 26.2 Å². The van der Waals surface area contributed by atoms with Gasteiger partial charge in [0.25, 0.3) is 0 Å². The molecule has 1 radical (unpaired) electrons. The van der Waals surface area contributed by atoms with Gasteiger partial charge in [-0.3, -0.25) is 0 Å². The fraction of sp³-hybridized carbons (Fsp3) is 0.750. The summed E-state index contributed by atoms with van der Waals surface area (Å²) in [6.07, 6.45) is 0. The predicted molar refractivity (Wildman–Crippen MR) is 115 cm³/mol. The van der Waals surface area contributed by atoms with Gasteiger partial charge in [-0.2, -0.15) is 0 Å². The summed E-state index contributed by atoms with van der Waals surface area (Å²) in [5, 5.41) is 0. The molecule has 0 aromatic heterocycles. The molecule has 0 atom stereocenters. The zero-order valence-corrected chi connectivity index (χ0v) is 23.9. The van der Waals surface area contributed by atoms with Crippen molar-refractivity contribution in [3.8, 4) is 0 Å². The minimum atomic E-state index is -0.861. The fourth-order valence-corrected chi connectivity index (χ4v) is 0. The Kier molecular flexibility index (Phi) is 22.5. The summed E-state index contributed by atoms with van der Waals surface area (Å²) in [4.78, 5) is 0. The van der Waals surface area contributed by atoms with Crippen LogP contribution in [0.15, 0.2) is 0 Å². The molecule has 5 heteroatoms. The van der Waals surface area contributed by atoms with E-state index in [1.807, 2.05) is 0 Å². The van der Waals surface area contributed by atoms with E-state index in [1.54, 1.807) is 0 Å². The quantitative estimate of drug-likeness (QED) is 0.237. The second-order valence-corrected chi connectivity index (χ2v) is 30.7. The van der Waals surface area contributed by atoms with Crippen molar-refractivity contribution in [3.63, 3.8) is 0 Å². The maximum absolute atomic E-state index is 3.91. The third kappa shape index (κ3) is 3510. The molecular weight excluding hydrogens is 491 g/mol. The maximum atomic E-state index is 3.91. The second-order valence-electron chi connectivity index (χ2n) is 10.2. The Bertz CT molecular complexity index is 130. The number of hydrogen-bond donors (Lipinski definition) is 0. The van der Waals surface area contributed by atoms with Gasteiger partial charge in [-0.05, 0) is 0 Å².